The second kappa shape index (κ2) is 7.62. The van der Waals surface area contributed by atoms with Gasteiger partial charge in [-0.25, -0.2) is 14.1 Å². The predicted molar refractivity (Wildman–Crippen MR) is 127 cm³/mol. The van der Waals surface area contributed by atoms with E-state index in [-0.39, 0.29) is 28.3 Å². The average Bonchev–Trinajstić information content (AvgIpc) is 3.48. The lowest BCUT2D eigenvalue weighted by atomic mass is 9.80. The summed E-state index contributed by atoms with van der Waals surface area (Å²) in [6.07, 6.45) is 5.80. The molecule has 0 bridgehead atoms. The number of fused-ring (bicyclic) bond motifs is 2. The van der Waals surface area contributed by atoms with Gasteiger partial charge in [0.1, 0.15) is 17.5 Å². The van der Waals surface area contributed by atoms with Gasteiger partial charge in [0.2, 0.25) is 0 Å². The van der Waals surface area contributed by atoms with Gasteiger partial charge in [0.05, 0.1) is 22.8 Å². The summed E-state index contributed by atoms with van der Waals surface area (Å²) in [5.41, 5.74) is 13.2. The number of anilines is 3. The summed E-state index contributed by atoms with van der Waals surface area (Å²) in [6, 6.07) is 5.00. The van der Waals surface area contributed by atoms with Crippen molar-refractivity contribution in [3.8, 4) is 11.1 Å². The molecule has 1 aliphatic carbocycles. The quantitative estimate of drug-likeness (QED) is 0.504. The molecule has 1 amide bonds. The van der Waals surface area contributed by atoms with Crippen molar-refractivity contribution in [2.45, 2.75) is 30.7 Å². The van der Waals surface area contributed by atoms with Crippen molar-refractivity contribution in [2.24, 2.45) is 0 Å². The van der Waals surface area contributed by atoms with Crippen LogP contribution in [0.1, 0.15) is 41.2 Å². The van der Waals surface area contributed by atoms with Gasteiger partial charge in [-0.3, -0.25) is 4.79 Å². The van der Waals surface area contributed by atoms with Crippen molar-refractivity contribution in [1.29, 1.82) is 0 Å². The van der Waals surface area contributed by atoms with Crippen LogP contribution in [0.2, 0.25) is 5.02 Å². The van der Waals surface area contributed by atoms with Crippen LogP contribution in [0, 0.1) is 5.82 Å². The molecule has 0 radical (unpaired) electrons. The molecule has 1 fully saturated rings. The molecular formula is C23H25ClFN7O. The Bertz CT molecular complexity index is 1270. The third kappa shape index (κ3) is 3.21. The molecule has 1 saturated carbocycles. The maximum atomic E-state index is 15.6. The molecule has 0 unspecified atom stereocenters. The summed E-state index contributed by atoms with van der Waals surface area (Å²) in [6.45, 7) is 0.685. The fourth-order valence-electron chi connectivity index (χ4n) is 5.20. The van der Waals surface area contributed by atoms with E-state index in [1.807, 2.05) is 4.68 Å². The molecule has 172 valence electrons. The third-order valence-corrected chi connectivity index (χ3v) is 7.25. The van der Waals surface area contributed by atoms with Crippen LogP contribution in [0.15, 0.2) is 30.6 Å². The lowest BCUT2D eigenvalue weighted by Crippen LogP contribution is -2.26. The summed E-state index contributed by atoms with van der Waals surface area (Å²) >= 11 is 6.95. The fourth-order valence-corrected chi connectivity index (χ4v) is 5.64. The van der Waals surface area contributed by atoms with E-state index in [0.29, 0.717) is 28.8 Å². The standard InChI is InChI=1S/C23H25ClFN7O/c1-31(2)22(33)17-15(26)4-3-13(20(17)25)14-10-28-21-18(19(14)24)23(11-29-21)7-5-12(9-23)32-16(27)6-8-30-32/h3-4,6,8,10,12H,5,7,9,11,26-27H2,1-2H3,(H,28,29)/t12-,23-/m0/s1. The molecule has 2 aliphatic rings. The maximum absolute atomic E-state index is 15.6. The minimum atomic E-state index is -0.703. The van der Waals surface area contributed by atoms with Crippen molar-refractivity contribution < 1.29 is 9.18 Å². The van der Waals surface area contributed by atoms with Crippen molar-refractivity contribution in [3.63, 3.8) is 0 Å². The van der Waals surface area contributed by atoms with E-state index >= 15 is 4.39 Å². The van der Waals surface area contributed by atoms with Crippen LogP contribution < -0.4 is 16.8 Å². The lowest BCUT2D eigenvalue weighted by Gasteiger charge is -2.25. The third-order valence-electron chi connectivity index (χ3n) is 6.85. The maximum Gasteiger partial charge on any atom is 0.258 e. The molecule has 1 aromatic carbocycles. The molecule has 5 N–H and O–H groups in total. The van der Waals surface area contributed by atoms with Gasteiger partial charge < -0.3 is 21.7 Å². The SMILES string of the molecule is CN(C)C(=O)c1c(N)ccc(-c2cnc3c(c2Cl)[C@]2(CC[C@H](n4nccc4N)C2)CN3)c1F. The first-order valence-corrected chi connectivity index (χ1v) is 11.1. The minimum absolute atomic E-state index is 0.0776. The Balaban J connectivity index is 1.59. The van der Waals surface area contributed by atoms with Gasteiger partial charge in [-0.15, -0.1) is 0 Å². The van der Waals surface area contributed by atoms with Gasteiger partial charge in [-0.1, -0.05) is 11.6 Å². The van der Waals surface area contributed by atoms with Crippen molar-refractivity contribution in [2.75, 3.05) is 37.4 Å². The zero-order valence-electron chi connectivity index (χ0n) is 18.4. The van der Waals surface area contributed by atoms with Crippen LogP contribution in [0.25, 0.3) is 11.1 Å². The highest BCUT2D eigenvalue weighted by Crippen LogP contribution is 2.55. The van der Waals surface area contributed by atoms with E-state index in [9.17, 15) is 4.79 Å². The Morgan fingerprint density at radius 2 is 2.09 bits per heavy atom. The first-order valence-electron chi connectivity index (χ1n) is 10.8. The highest BCUT2D eigenvalue weighted by Gasteiger charge is 2.48. The molecule has 3 heterocycles. The number of rotatable bonds is 3. The topological polar surface area (TPSA) is 115 Å². The van der Waals surface area contributed by atoms with E-state index in [1.54, 1.807) is 38.6 Å². The van der Waals surface area contributed by atoms with Crippen LogP contribution in [0.4, 0.5) is 21.7 Å². The number of pyridine rings is 1. The first kappa shape index (κ1) is 21.5. The van der Waals surface area contributed by atoms with Crippen LogP contribution >= 0.6 is 11.6 Å². The molecule has 1 aliphatic heterocycles. The van der Waals surface area contributed by atoms with E-state index in [0.717, 1.165) is 24.8 Å². The second-order valence-corrected chi connectivity index (χ2v) is 9.41. The summed E-state index contributed by atoms with van der Waals surface area (Å²) in [4.78, 5) is 18.4. The van der Waals surface area contributed by atoms with Gasteiger partial charge in [0.25, 0.3) is 5.91 Å². The molecular weight excluding hydrogens is 445 g/mol. The number of nitrogens with one attached hydrogen (secondary N) is 1. The Kier molecular flexibility index (Phi) is 4.97. The summed E-state index contributed by atoms with van der Waals surface area (Å²) in [5.74, 6) is 0.123. The minimum Gasteiger partial charge on any atom is -0.398 e. The average molecular weight is 470 g/mol. The number of benzene rings is 1. The van der Waals surface area contributed by atoms with Crippen LogP contribution in [0.5, 0.6) is 0 Å². The van der Waals surface area contributed by atoms with Gasteiger partial charge >= 0.3 is 0 Å². The molecule has 0 saturated heterocycles. The Morgan fingerprint density at radius 1 is 1.30 bits per heavy atom. The van der Waals surface area contributed by atoms with Crippen LogP contribution in [0.3, 0.4) is 0 Å². The van der Waals surface area contributed by atoms with Crippen molar-refractivity contribution in [3.05, 3.63) is 52.6 Å². The Labute approximate surface area is 195 Å². The van der Waals surface area contributed by atoms with Crippen molar-refractivity contribution >= 4 is 34.8 Å². The van der Waals surface area contributed by atoms with Crippen molar-refractivity contribution in [1.82, 2.24) is 19.7 Å². The van der Waals surface area contributed by atoms with Gasteiger partial charge in [-0.05, 0) is 37.5 Å². The number of nitrogen functional groups attached to an aromatic ring is 2. The first-order chi connectivity index (χ1) is 15.7. The summed E-state index contributed by atoms with van der Waals surface area (Å²) < 4.78 is 17.4. The van der Waals surface area contributed by atoms with E-state index in [2.05, 4.69) is 15.4 Å². The Morgan fingerprint density at radius 3 is 2.79 bits per heavy atom. The number of halogens is 2. The number of nitrogens with zero attached hydrogens (tertiary/aromatic N) is 4. The zero-order chi connectivity index (χ0) is 23.5. The number of hydrogen-bond acceptors (Lipinski definition) is 6. The smallest absolute Gasteiger partial charge is 0.258 e. The number of hydrogen-bond donors (Lipinski definition) is 3. The molecule has 2 atom stereocenters. The highest BCUT2D eigenvalue weighted by atomic mass is 35.5. The van der Waals surface area contributed by atoms with E-state index < -0.39 is 11.7 Å². The molecule has 8 nitrogen and oxygen atoms in total. The lowest BCUT2D eigenvalue weighted by molar-refractivity contribution is 0.0824. The van der Waals surface area contributed by atoms with Gasteiger partial charge in [0, 0.05) is 54.6 Å². The largest absolute Gasteiger partial charge is 0.398 e. The molecule has 33 heavy (non-hydrogen) atoms. The Hall–Kier alpha value is -3.33. The molecule has 3 aromatic rings. The van der Waals surface area contributed by atoms with Gasteiger partial charge in [-0.2, -0.15) is 5.10 Å². The van der Waals surface area contributed by atoms with E-state index in [1.165, 1.54) is 11.0 Å². The number of aromatic nitrogens is 3. The number of carbonyl (C=O) groups is 1. The fraction of sp³-hybridized carbons (Fsp3) is 0.348. The number of carbonyl (C=O) groups excluding carboxylic acids is 1. The zero-order valence-corrected chi connectivity index (χ0v) is 19.2. The molecule has 1 spiro atoms. The summed E-state index contributed by atoms with van der Waals surface area (Å²) in [7, 11) is 3.10. The number of amides is 1. The second-order valence-electron chi connectivity index (χ2n) is 9.03. The van der Waals surface area contributed by atoms with Gasteiger partial charge in [0.15, 0.2) is 0 Å². The molecule has 2 aromatic heterocycles. The van der Waals surface area contributed by atoms with Crippen LogP contribution in [-0.4, -0.2) is 46.2 Å². The molecule has 10 heteroatoms. The predicted octanol–water partition coefficient (Wildman–Crippen LogP) is 3.69. The highest BCUT2D eigenvalue weighted by molar-refractivity contribution is 6.34. The number of nitrogens with two attached hydrogens (primary N) is 2. The normalized spacial score (nSPS) is 21.3. The van der Waals surface area contributed by atoms with Crippen LogP contribution in [-0.2, 0) is 5.41 Å². The summed E-state index contributed by atoms with van der Waals surface area (Å²) in [5, 5.41) is 8.19. The molecule has 5 rings (SSSR count). The monoisotopic (exact) mass is 469 g/mol. The van der Waals surface area contributed by atoms with E-state index in [4.69, 9.17) is 23.1 Å².